The first-order valence-corrected chi connectivity index (χ1v) is 19.9. The van der Waals surface area contributed by atoms with Gasteiger partial charge in [-0.3, -0.25) is 19.3 Å². The summed E-state index contributed by atoms with van der Waals surface area (Å²) in [6.07, 6.45) is 1.06. The number of rotatable bonds is 17. The van der Waals surface area contributed by atoms with Crippen LogP contribution in [-0.2, 0) is 37.1 Å². The summed E-state index contributed by atoms with van der Waals surface area (Å²) >= 11 is 3.44. The molecule has 5 rings (SSSR count). The molecule has 308 valence electrons. The molecule has 0 aliphatic carbocycles. The van der Waals surface area contributed by atoms with Crippen LogP contribution in [0.25, 0.3) is 10.8 Å². The molecule has 4 N–H and O–H groups in total. The van der Waals surface area contributed by atoms with Gasteiger partial charge in [-0.25, -0.2) is 9.78 Å². The largest absolute Gasteiger partial charge is 0.489 e. The summed E-state index contributed by atoms with van der Waals surface area (Å²) in [5, 5.41) is 27.1. The van der Waals surface area contributed by atoms with Gasteiger partial charge in [-0.2, -0.15) is 0 Å². The maximum absolute atomic E-state index is 13.3. The standard InChI is InChI=1S/C44H48BBrN4O9/c1-29-18-19-47-39(21-29)50(43(54)59-44(2,3)4)20-10-17-40(51)48-26-41(52)49-37(32-13-8-14-33(46)24-32)25-42(53)58-28-31-22-35-34(36(23-31)45(55)56)15-9-16-38(35)57-27-30-11-6-5-7-12-30/h5-9,11-16,18-19,21-24,37,55-56H,10,17,20,25-28H2,1-4H3,(H,48,51)(H,49,52)/t37-/m0/s1. The third kappa shape index (κ3) is 13.7. The van der Waals surface area contributed by atoms with Gasteiger partial charge in [-0.1, -0.05) is 76.6 Å². The van der Waals surface area contributed by atoms with Crippen LogP contribution in [0.15, 0.2) is 108 Å². The average Bonchev–Trinajstić information content (AvgIpc) is 3.19. The van der Waals surface area contributed by atoms with Gasteiger partial charge in [0.15, 0.2) is 0 Å². The van der Waals surface area contributed by atoms with Crippen molar-refractivity contribution in [1.29, 1.82) is 0 Å². The lowest BCUT2D eigenvalue weighted by molar-refractivity contribution is -0.145. The molecule has 0 bridgehead atoms. The topological polar surface area (TPSA) is 177 Å². The number of nitrogens with zero attached hydrogens (tertiary/aromatic N) is 2. The van der Waals surface area contributed by atoms with Crippen molar-refractivity contribution in [3.8, 4) is 5.75 Å². The van der Waals surface area contributed by atoms with Crippen LogP contribution in [0.4, 0.5) is 10.6 Å². The van der Waals surface area contributed by atoms with Crippen molar-refractivity contribution in [2.75, 3.05) is 18.0 Å². The van der Waals surface area contributed by atoms with Crippen LogP contribution in [-0.4, -0.2) is 64.7 Å². The molecule has 1 atom stereocenters. The number of benzene rings is 4. The summed E-state index contributed by atoms with van der Waals surface area (Å²) in [6.45, 7) is 7.08. The SMILES string of the molecule is Cc1ccnc(N(CCCC(=O)NCC(=O)N[C@@H](CC(=O)OCc2cc(B(O)O)c3cccc(OCc4ccccc4)c3c2)c2cccc(Br)c2)C(=O)OC(C)(C)C)c1. The van der Waals surface area contributed by atoms with Crippen LogP contribution < -0.4 is 25.7 Å². The first-order chi connectivity index (χ1) is 28.1. The van der Waals surface area contributed by atoms with Crippen LogP contribution in [0, 0.1) is 6.92 Å². The first-order valence-electron chi connectivity index (χ1n) is 19.1. The lowest BCUT2D eigenvalue weighted by atomic mass is 9.76. The third-order valence-electron chi connectivity index (χ3n) is 8.94. The van der Waals surface area contributed by atoms with E-state index in [0.29, 0.717) is 40.1 Å². The maximum atomic E-state index is 13.3. The van der Waals surface area contributed by atoms with E-state index in [0.717, 1.165) is 15.6 Å². The molecule has 0 saturated heterocycles. The fourth-order valence-corrected chi connectivity index (χ4v) is 6.58. The highest BCUT2D eigenvalue weighted by molar-refractivity contribution is 9.10. The van der Waals surface area contributed by atoms with E-state index in [1.165, 1.54) is 4.90 Å². The molecular weight excluding hydrogens is 819 g/mol. The molecule has 15 heteroatoms. The molecule has 0 spiro atoms. The smallest absolute Gasteiger partial charge is 0.488 e. The minimum absolute atomic E-state index is 0.0181. The number of aromatic nitrogens is 1. The number of hydrogen-bond donors (Lipinski definition) is 4. The lowest BCUT2D eigenvalue weighted by Gasteiger charge is -2.27. The van der Waals surface area contributed by atoms with Crippen molar-refractivity contribution in [3.05, 3.63) is 130 Å². The Morgan fingerprint density at radius 1 is 0.864 bits per heavy atom. The van der Waals surface area contributed by atoms with Crippen LogP contribution in [0.2, 0.25) is 0 Å². The van der Waals surface area contributed by atoms with Crippen molar-refractivity contribution in [1.82, 2.24) is 15.6 Å². The number of amides is 3. The molecule has 3 amide bonds. The summed E-state index contributed by atoms with van der Waals surface area (Å²) in [7, 11) is -1.79. The number of nitrogens with one attached hydrogen (secondary N) is 2. The normalized spacial score (nSPS) is 11.6. The van der Waals surface area contributed by atoms with Crippen LogP contribution in [0.3, 0.4) is 0 Å². The number of pyridine rings is 1. The Labute approximate surface area is 352 Å². The molecule has 0 aliphatic rings. The number of carbonyl (C=O) groups is 4. The Morgan fingerprint density at radius 3 is 2.34 bits per heavy atom. The van der Waals surface area contributed by atoms with E-state index in [1.54, 1.807) is 81.6 Å². The molecule has 5 aromatic rings. The molecule has 0 fully saturated rings. The minimum Gasteiger partial charge on any atom is -0.488 e. The van der Waals surface area contributed by atoms with Gasteiger partial charge in [0.2, 0.25) is 11.8 Å². The van der Waals surface area contributed by atoms with E-state index in [1.807, 2.05) is 49.4 Å². The number of anilines is 1. The maximum Gasteiger partial charge on any atom is 0.489 e. The van der Waals surface area contributed by atoms with E-state index in [4.69, 9.17) is 14.2 Å². The Hall–Kier alpha value is -5.77. The van der Waals surface area contributed by atoms with E-state index in [9.17, 15) is 29.2 Å². The van der Waals surface area contributed by atoms with Gasteiger partial charge in [0.05, 0.1) is 19.0 Å². The predicted octanol–water partition coefficient (Wildman–Crippen LogP) is 6.19. The number of halogens is 1. The van der Waals surface area contributed by atoms with Crippen LogP contribution in [0.1, 0.15) is 68.3 Å². The van der Waals surface area contributed by atoms with Crippen molar-refractivity contribution in [2.24, 2.45) is 0 Å². The van der Waals surface area contributed by atoms with Gasteiger partial charge in [-0.15, -0.1) is 0 Å². The highest BCUT2D eigenvalue weighted by Gasteiger charge is 2.25. The molecule has 1 heterocycles. The van der Waals surface area contributed by atoms with Crippen LogP contribution in [0.5, 0.6) is 5.75 Å². The molecule has 0 aliphatic heterocycles. The summed E-state index contributed by atoms with van der Waals surface area (Å²) in [4.78, 5) is 58.0. The summed E-state index contributed by atoms with van der Waals surface area (Å²) < 4.78 is 18.1. The number of carbonyl (C=O) groups excluding carboxylic acids is 4. The summed E-state index contributed by atoms with van der Waals surface area (Å²) in [6, 6.07) is 28.1. The molecule has 4 aromatic carbocycles. The van der Waals surface area contributed by atoms with Crippen molar-refractivity contribution >= 4 is 69.0 Å². The van der Waals surface area contributed by atoms with Gasteiger partial charge in [-0.05, 0) is 104 Å². The van der Waals surface area contributed by atoms with Gasteiger partial charge < -0.3 is 34.9 Å². The second-order valence-corrected chi connectivity index (χ2v) is 15.8. The minimum atomic E-state index is -1.79. The molecule has 59 heavy (non-hydrogen) atoms. The number of fused-ring (bicyclic) bond motifs is 1. The Morgan fingerprint density at radius 2 is 1.63 bits per heavy atom. The predicted molar refractivity (Wildman–Crippen MR) is 229 cm³/mol. The van der Waals surface area contributed by atoms with E-state index < -0.39 is 42.6 Å². The highest BCUT2D eigenvalue weighted by Crippen LogP contribution is 2.28. The number of esters is 1. The number of ether oxygens (including phenoxy) is 3. The van der Waals surface area contributed by atoms with Gasteiger partial charge in [0.25, 0.3) is 0 Å². The van der Waals surface area contributed by atoms with Gasteiger partial charge in [0, 0.05) is 29.0 Å². The second kappa shape index (κ2) is 20.8. The van der Waals surface area contributed by atoms with E-state index >= 15 is 0 Å². The van der Waals surface area contributed by atoms with Crippen LogP contribution >= 0.6 is 15.9 Å². The Kier molecular flexibility index (Phi) is 15.6. The second-order valence-electron chi connectivity index (χ2n) is 14.9. The number of aryl methyl sites for hydroxylation is 1. The molecule has 13 nitrogen and oxygen atoms in total. The highest BCUT2D eigenvalue weighted by atomic mass is 79.9. The lowest BCUT2D eigenvalue weighted by Crippen LogP contribution is -2.40. The summed E-state index contributed by atoms with van der Waals surface area (Å²) in [5.41, 5.74) is 2.48. The van der Waals surface area contributed by atoms with Crippen molar-refractivity contribution in [2.45, 2.75) is 71.8 Å². The average molecular weight is 868 g/mol. The van der Waals surface area contributed by atoms with Gasteiger partial charge >= 0.3 is 19.2 Å². The summed E-state index contributed by atoms with van der Waals surface area (Å²) in [5.74, 6) is -0.642. The first kappa shape index (κ1) is 44.3. The third-order valence-corrected chi connectivity index (χ3v) is 9.44. The van der Waals surface area contributed by atoms with Gasteiger partial charge in [0.1, 0.15) is 30.4 Å². The zero-order valence-corrected chi connectivity index (χ0v) is 35.0. The fourth-order valence-electron chi connectivity index (χ4n) is 6.17. The molecule has 0 radical (unpaired) electrons. The molecular formula is C44H48BBrN4O9. The molecule has 0 saturated carbocycles. The Bertz CT molecular complexity index is 2250. The number of hydrogen-bond acceptors (Lipinski definition) is 10. The van der Waals surface area contributed by atoms with E-state index in [2.05, 4.69) is 31.5 Å². The van der Waals surface area contributed by atoms with E-state index in [-0.39, 0.29) is 44.4 Å². The quantitative estimate of drug-likeness (QED) is 0.0623. The fraction of sp³-hybridized carbons (Fsp3) is 0.295. The van der Waals surface area contributed by atoms with Crippen molar-refractivity contribution in [3.63, 3.8) is 0 Å². The monoisotopic (exact) mass is 866 g/mol. The molecule has 0 unspecified atom stereocenters. The zero-order chi connectivity index (χ0) is 42.5. The van der Waals surface area contributed by atoms with Crippen molar-refractivity contribution < 1.29 is 43.4 Å². The zero-order valence-electron chi connectivity index (χ0n) is 33.4. The Balaban J connectivity index is 1.19. The molecule has 1 aromatic heterocycles.